The van der Waals surface area contributed by atoms with Crippen LogP contribution in [-0.4, -0.2) is 17.1 Å². The van der Waals surface area contributed by atoms with Gasteiger partial charge in [0, 0.05) is 29.8 Å². The second kappa shape index (κ2) is 7.90. The number of rotatable bonds is 2. The molecule has 0 radical (unpaired) electrons. The van der Waals surface area contributed by atoms with Crippen molar-refractivity contribution in [1.29, 1.82) is 0 Å². The zero-order chi connectivity index (χ0) is 17.5. The Kier molecular flexibility index (Phi) is 5.19. The van der Waals surface area contributed by atoms with Crippen LogP contribution in [0.15, 0.2) is 60.8 Å². The number of carbonyl (C=O) groups excluding carboxylic acids is 1. The van der Waals surface area contributed by atoms with Gasteiger partial charge < -0.3 is 9.30 Å². The summed E-state index contributed by atoms with van der Waals surface area (Å²) in [5.41, 5.74) is 3.01. The topological polar surface area (TPSA) is 31.2 Å². The van der Waals surface area contributed by atoms with Gasteiger partial charge in [0.15, 0.2) is 6.61 Å². The number of hydrogen-bond acceptors (Lipinski definition) is 2. The monoisotopic (exact) mass is 327 g/mol. The fourth-order valence-electron chi connectivity index (χ4n) is 2.42. The first-order valence-corrected chi connectivity index (χ1v) is 7.97. The highest BCUT2D eigenvalue weighted by Gasteiger charge is 1.97. The molecule has 0 amide bonds. The fourth-order valence-corrected chi connectivity index (χ4v) is 2.42. The van der Waals surface area contributed by atoms with E-state index in [4.69, 9.17) is 4.74 Å². The van der Waals surface area contributed by atoms with E-state index in [0.29, 0.717) is 6.54 Å². The summed E-state index contributed by atoms with van der Waals surface area (Å²) in [7, 11) is 0. The maximum absolute atomic E-state index is 10.7. The van der Waals surface area contributed by atoms with E-state index >= 15 is 0 Å². The van der Waals surface area contributed by atoms with Crippen molar-refractivity contribution in [2.24, 2.45) is 0 Å². The van der Waals surface area contributed by atoms with Crippen molar-refractivity contribution in [1.82, 2.24) is 4.57 Å². The van der Waals surface area contributed by atoms with E-state index in [1.54, 1.807) is 0 Å². The van der Waals surface area contributed by atoms with Crippen LogP contribution in [0.5, 0.6) is 0 Å². The van der Waals surface area contributed by atoms with Gasteiger partial charge in [0.05, 0.1) is 6.54 Å². The Morgan fingerprint density at radius 3 is 2.36 bits per heavy atom. The molecule has 0 fully saturated rings. The average molecular weight is 327 g/mol. The molecule has 1 aromatic heterocycles. The molecule has 0 aliphatic rings. The summed E-state index contributed by atoms with van der Waals surface area (Å²) in [5, 5.41) is 1.22. The number of esters is 1. The third-order valence-corrected chi connectivity index (χ3v) is 3.63. The predicted octanol–water partition coefficient (Wildman–Crippen LogP) is 3.61. The second-order valence-corrected chi connectivity index (χ2v) is 5.46. The van der Waals surface area contributed by atoms with Crippen molar-refractivity contribution < 1.29 is 9.53 Å². The minimum absolute atomic E-state index is 0.113. The first-order valence-electron chi connectivity index (χ1n) is 7.97. The Labute approximate surface area is 147 Å². The van der Waals surface area contributed by atoms with E-state index in [1.807, 2.05) is 36.4 Å². The van der Waals surface area contributed by atoms with E-state index in [1.165, 1.54) is 17.8 Å². The molecule has 0 saturated carbocycles. The molecule has 1 heterocycles. The van der Waals surface area contributed by atoms with E-state index in [0.717, 1.165) is 11.1 Å². The normalized spacial score (nSPS) is 9.64. The number of para-hydroxylation sites is 1. The summed E-state index contributed by atoms with van der Waals surface area (Å²) in [5.74, 6) is 11.8. The summed E-state index contributed by atoms with van der Waals surface area (Å²) in [6.07, 6.45) is 2.06. The van der Waals surface area contributed by atoms with Crippen molar-refractivity contribution in [3.05, 3.63) is 71.9 Å². The number of hydrogen-bond donors (Lipinski definition) is 0. The van der Waals surface area contributed by atoms with Gasteiger partial charge in [-0.3, -0.25) is 4.79 Å². The summed E-state index contributed by atoms with van der Waals surface area (Å²) >= 11 is 0. The SMILES string of the molecule is CC(=O)OCC#Cc1ccc(C#CCn2ccc3ccccc32)cc1. The van der Waals surface area contributed by atoms with Crippen LogP contribution < -0.4 is 0 Å². The molecular weight excluding hydrogens is 310 g/mol. The predicted molar refractivity (Wildman–Crippen MR) is 98.8 cm³/mol. The van der Waals surface area contributed by atoms with Gasteiger partial charge >= 0.3 is 5.97 Å². The smallest absolute Gasteiger partial charge is 0.303 e. The van der Waals surface area contributed by atoms with Crippen LogP contribution in [0, 0.1) is 23.7 Å². The average Bonchev–Trinajstić information content (AvgIpc) is 3.03. The van der Waals surface area contributed by atoms with Gasteiger partial charge in [-0.1, -0.05) is 41.9 Å². The maximum Gasteiger partial charge on any atom is 0.303 e. The lowest BCUT2D eigenvalue weighted by Crippen LogP contribution is -1.97. The van der Waals surface area contributed by atoms with Gasteiger partial charge in [0.2, 0.25) is 0 Å². The lowest BCUT2D eigenvalue weighted by molar-refractivity contribution is -0.139. The number of benzene rings is 2. The molecule has 0 aliphatic carbocycles. The molecule has 0 aliphatic heterocycles. The molecule has 25 heavy (non-hydrogen) atoms. The minimum atomic E-state index is -0.324. The van der Waals surface area contributed by atoms with Crippen molar-refractivity contribution in [2.45, 2.75) is 13.5 Å². The van der Waals surface area contributed by atoms with Crippen LogP contribution in [0.4, 0.5) is 0 Å². The summed E-state index contributed by atoms with van der Waals surface area (Å²) in [6.45, 7) is 2.13. The number of carbonyl (C=O) groups is 1. The van der Waals surface area contributed by atoms with Crippen LogP contribution >= 0.6 is 0 Å². The largest absolute Gasteiger partial charge is 0.453 e. The van der Waals surface area contributed by atoms with E-state index in [-0.39, 0.29) is 12.6 Å². The Bertz CT molecular complexity index is 1010. The molecule has 0 atom stereocenters. The molecule has 2 aromatic carbocycles. The molecule has 3 nitrogen and oxygen atoms in total. The maximum atomic E-state index is 10.7. The van der Waals surface area contributed by atoms with Gasteiger partial charge in [-0.2, -0.15) is 0 Å². The van der Waals surface area contributed by atoms with Crippen molar-refractivity contribution >= 4 is 16.9 Å². The zero-order valence-corrected chi connectivity index (χ0v) is 14.0. The van der Waals surface area contributed by atoms with Gasteiger partial charge in [0.1, 0.15) is 0 Å². The van der Waals surface area contributed by atoms with Crippen molar-refractivity contribution in [3.63, 3.8) is 0 Å². The van der Waals surface area contributed by atoms with Gasteiger partial charge in [-0.15, -0.1) is 0 Å². The number of nitrogens with zero attached hydrogens (tertiary/aromatic N) is 1. The third kappa shape index (κ3) is 4.53. The Hall–Kier alpha value is -3.43. The fraction of sp³-hybridized carbons (Fsp3) is 0.136. The molecule has 122 valence electrons. The third-order valence-electron chi connectivity index (χ3n) is 3.63. The summed E-state index contributed by atoms with van der Waals surface area (Å²) in [6, 6.07) is 18.1. The van der Waals surface area contributed by atoms with Crippen molar-refractivity contribution in [2.75, 3.05) is 6.61 Å². The van der Waals surface area contributed by atoms with Crippen LogP contribution in [0.2, 0.25) is 0 Å². The molecule has 3 aromatic rings. The molecule has 3 heteroatoms. The van der Waals surface area contributed by atoms with Gasteiger partial charge in [-0.05, 0) is 41.8 Å². The molecule has 0 spiro atoms. The number of aromatic nitrogens is 1. The van der Waals surface area contributed by atoms with E-state index < -0.39 is 0 Å². The molecule has 0 saturated heterocycles. The molecule has 0 N–H and O–H groups in total. The molecule has 0 bridgehead atoms. The van der Waals surface area contributed by atoms with Crippen molar-refractivity contribution in [3.8, 4) is 23.7 Å². The number of fused-ring (bicyclic) bond motifs is 1. The lowest BCUT2D eigenvalue weighted by Gasteiger charge is -1.98. The van der Waals surface area contributed by atoms with Crippen LogP contribution in [0.1, 0.15) is 18.1 Å². The molecule has 0 unspecified atom stereocenters. The first kappa shape index (κ1) is 16.4. The van der Waals surface area contributed by atoms with E-state index in [2.05, 4.69) is 52.6 Å². The Morgan fingerprint density at radius 2 is 1.64 bits per heavy atom. The number of ether oxygens (including phenoxy) is 1. The lowest BCUT2D eigenvalue weighted by atomic mass is 10.1. The van der Waals surface area contributed by atoms with Crippen LogP contribution in [0.25, 0.3) is 10.9 Å². The highest BCUT2D eigenvalue weighted by molar-refractivity contribution is 5.80. The van der Waals surface area contributed by atoms with Crippen LogP contribution in [0.3, 0.4) is 0 Å². The van der Waals surface area contributed by atoms with Gasteiger partial charge in [0.25, 0.3) is 0 Å². The van der Waals surface area contributed by atoms with Crippen LogP contribution in [-0.2, 0) is 16.1 Å². The first-order chi connectivity index (χ1) is 12.2. The molecule has 3 rings (SSSR count). The Balaban J connectivity index is 1.62. The summed E-state index contributed by atoms with van der Waals surface area (Å²) in [4.78, 5) is 10.7. The Morgan fingerprint density at radius 1 is 0.960 bits per heavy atom. The highest BCUT2D eigenvalue weighted by Crippen LogP contribution is 2.14. The highest BCUT2D eigenvalue weighted by atomic mass is 16.5. The zero-order valence-electron chi connectivity index (χ0n) is 14.0. The quantitative estimate of drug-likeness (QED) is 0.532. The summed E-state index contributed by atoms with van der Waals surface area (Å²) < 4.78 is 6.91. The standard InChI is InChI=1S/C22H17NO2/c1-18(24)25-17-5-7-20-12-10-19(11-13-20)6-4-15-23-16-14-21-8-2-3-9-22(21)23/h2-3,8-14,16H,15,17H2,1H3. The second-order valence-electron chi connectivity index (χ2n) is 5.46. The van der Waals surface area contributed by atoms with E-state index in [9.17, 15) is 4.79 Å². The van der Waals surface area contributed by atoms with Gasteiger partial charge in [-0.25, -0.2) is 0 Å². The minimum Gasteiger partial charge on any atom is -0.453 e. The molecular formula is C22H17NO2.